The van der Waals surface area contributed by atoms with E-state index < -0.39 is 0 Å². The van der Waals surface area contributed by atoms with Crippen LogP contribution in [0.25, 0.3) is 0 Å². The van der Waals surface area contributed by atoms with Crippen molar-refractivity contribution >= 4 is 22.7 Å². The first kappa shape index (κ1) is 30.9. The van der Waals surface area contributed by atoms with Gasteiger partial charge in [-0.15, -0.1) is 0 Å². The van der Waals surface area contributed by atoms with Crippen LogP contribution in [0.4, 0.5) is 22.7 Å². The van der Waals surface area contributed by atoms with Gasteiger partial charge in [0.1, 0.15) is 0 Å². The molecule has 0 aromatic heterocycles. The van der Waals surface area contributed by atoms with Gasteiger partial charge < -0.3 is 9.80 Å². The highest BCUT2D eigenvalue weighted by atomic mass is 15.1. The summed E-state index contributed by atoms with van der Waals surface area (Å²) in [5.74, 6) is 0. The molecule has 0 spiro atoms. The van der Waals surface area contributed by atoms with Gasteiger partial charge in [-0.25, -0.2) is 0 Å². The number of fused-ring (bicyclic) bond motifs is 4. The third-order valence-corrected chi connectivity index (χ3v) is 9.60. The Morgan fingerprint density at radius 1 is 0.512 bits per heavy atom. The van der Waals surface area contributed by atoms with E-state index in [1.165, 1.54) is 56.1 Å². The lowest BCUT2D eigenvalue weighted by Gasteiger charge is -2.41. The molecule has 2 heterocycles. The molecular weight excluding hydrogens is 520 g/mol. The summed E-state index contributed by atoms with van der Waals surface area (Å²) in [4.78, 5) is 4.65. The monoisotopic (exact) mass is 572 g/mol. The average molecular weight is 573 g/mol. The number of anilines is 4. The maximum Gasteiger partial charge on any atom is 0.0449 e. The lowest BCUT2D eigenvalue weighted by atomic mass is 9.72. The van der Waals surface area contributed by atoms with Crippen LogP contribution in [0, 0.1) is 5.41 Å². The van der Waals surface area contributed by atoms with E-state index in [-0.39, 0.29) is 16.2 Å². The Hall–Kier alpha value is -3.52. The molecule has 2 aliphatic rings. The van der Waals surface area contributed by atoms with Gasteiger partial charge >= 0.3 is 0 Å². The topological polar surface area (TPSA) is 6.48 Å². The van der Waals surface area contributed by atoms with Crippen LogP contribution in [-0.4, -0.2) is 14.1 Å². The van der Waals surface area contributed by atoms with Crippen LogP contribution in [0.2, 0.25) is 0 Å². The Morgan fingerprint density at radius 2 is 0.930 bits per heavy atom. The van der Waals surface area contributed by atoms with Crippen molar-refractivity contribution in [3.8, 4) is 0 Å². The number of para-hydroxylation sites is 2. The first-order valence-corrected chi connectivity index (χ1v) is 15.9. The van der Waals surface area contributed by atoms with Crippen molar-refractivity contribution in [2.24, 2.45) is 5.41 Å². The van der Waals surface area contributed by atoms with Gasteiger partial charge in [0.05, 0.1) is 0 Å². The van der Waals surface area contributed by atoms with Crippen LogP contribution in [0.15, 0.2) is 84.9 Å². The molecule has 0 saturated carbocycles. The molecule has 0 fully saturated rings. The molecule has 0 unspecified atom stereocenters. The van der Waals surface area contributed by atoms with Crippen molar-refractivity contribution in [3.05, 3.63) is 118 Å². The van der Waals surface area contributed by atoms with Crippen molar-refractivity contribution in [1.82, 2.24) is 0 Å². The quantitative estimate of drug-likeness (QED) is 0.224. The van der Waals surface area contributed by atoms with Crippen molar-refractivity contribution < 1.29 is 0 Å². The summed E-state index contributed by atoms with van der Waals surface area (Å²) in [6, 6.07) is 31.5. The average Bonchev–Trinajstić information content (AvgIpc) is 2.94. The molecule has 0 radical (unpaired) electrons. The fourth-order valence-corrected chi connectivity index (χ4v) is 7.03. The summed E-state index contributed by atoms with van der Waals surface area (Å²) in [5, 5.41) is 0. The van der Waals surface area contributed by atoms with Crippen LogP contribution in [0.5, 0.6) is 0 Å². The molecule has 226 valence electrons. The molecule has 0 aliphatic carbocycles. The molecule has 0 saturated heterocycles. The van der Waals surface area contributed by atoms with Gasteiger partial charge in [-0.1, -0.05) is 130 Å². The lowest BCUT2D eigenvalue weighted by molar-refractivity contribution is 0.411. The van der Waals surface area contributed by atoms with E-state index in [1.54, 1.807) is 0 Å². The van der Waals surface area contributed by atoms with Gasteiger partial charge in [-0.3, -0.25) is 0 Å². The highest BCUT2D eigenvalue weighted by Gasteiger charge is 2.36. The largest absolute Gasteiger partial charge is 0.344 e. The van der Waals surface area contributed by atoms with Crippen LogP contribution >= 0.6 is 0 Å². The van der Waals surface area contributed by atoms with E-state index in [1.807, 2.05) is 0 Å². The summed E-state index contributed by atoms with van der Waals surface area (Å²) in [7, 11) is 4.35. The number of nitrogens with zero attached hydrogens (tertiary/aromatic N) is 2. The zero-order valence-electron chi connectivity index (χ0n) is 28.7. The van der Waals surface area contributed by atoms with Gasteiger partial charge in [0.25, 0.3) is 0 Å². The van der Waals surface area contributed by atoms with E-state index in [9.17, 15) is 0 Å². The summed E-state index contributed by atoms with van der Waals surface area (Å²) in [6.07, 6.45) is 1.11. The van der Waals surface area contributed by atoms with E-state index in [2.05, 4.69) is 178 Å². The number of rotatable bonds is 1. The van der Waals surface area contributed by atoms with Gasteiger partial charge in [0.15, 0.2) is 0 Å². The van der Waals surface area contributed by atoms with E-state index in [0.29, 0.717) is 5.41 Å². The first-order chi connectivity index (χ1) is 19.9. The molecule has 0 N–H and O–H groups in total. The summed E-state index contributed by atoms with van der Waals surface area (Å²) in [6.45, 7) is 23.1. The maximum atomic E-state index is 2.42. The van der Waals surface area contributed by atoms with Crippen molar-refractivity contribution in [2.75, 3.05) is 23.9 Å². The Morgan fingerprint density at radius 3 is 1.40 bits per heavy atom. The van der Waals surface area contributed by atoms with Crippen LogP contribution in [-0.2, 0) is 22.7 Å². The molecule has 0 bridgehead atoms. The number of hydrogen-bond acceptors (Lipinski definition) is 2. The first-order valence-electron chi connectivity index (χ1n) is 15.9. The highest BCUT2D eigenvalue weighted by molar-refractivity contribution is 5.78. The molecule has 2 heteroatoms. The van der Waals surface area contributed by atoms with E-state index in [4.69, 9.17) is 0 Å². The molecule has 2 aliphatic heterocycles. The molecule has 4 aromatic carbocycles. The standard InChI is InChI=1S/C21H27N.C20H25N/c1-20(2,3)14-15-11-12-19-17(13-15)21(4,5)16-9-7-8-10-18(16)22(19)6;1-19(2,3)14-11-12-18-16(13-14)20(4,5)15-9-7-8-10-17(15)21(18)6/h7-13H,14H2,1-6H3;7-13H,1-6H3. The Labute approximate surface area is 261 Å². The molecule has 4 aromatic rings. The van der Waals surface area contributed by atoms with E-state index >= 15 is 0 Å². The fraction of sp³-hybridized carbons (Fsp3) is 0.415. The minimum absolute atomic E-state index is 0.0414. The zero-order chi connectivity index (χ0) is 31.5. The maximum absolute atomic E-state index is 2.42. The van der Waals surface area contributed by atoms with Gasteiger partial charge in [-0.05, 0) is 74.9 Å². The third kappa shape index (κ3) is 5.62. The van der Waals surface area contributed by atoms with Gasteiger partial charge in [-0.2, -0.15) is 0 Å². The second kappa shape index (κ2) is 10.6. The second-order valence-electron chi connectivity index (χ2n) is 16.0. The fourth-order valence-electron chi connectivity index (χ4n) is 7.03. The van der Waals surface area contributed by atoms with Crippen LogP contribution in [0.1, 0.15) is 103 Å². The molecule has 0 amide bonds. The Balaban J connectivity index is 0.000000171. The SMILES string of the molecule is CN1c2ccccc2C(C)(C)c2cc(C(C)(C)C)ccc21.CN1c2ccccc2C(C)(C)c2cc(CC(C)(C)C)ccc21. The molecule has 0 atom stereocenters. The molecule has 2 nitrogen and oxygen atoms in total. The minimum Gasteiger partial charge on any atom is -0.344 e. The lowest BCUT2D eigenvalue weighted by Crippen LogP contribution is -2.31. The summed E-state index contributed by atoms with van der Waals surface area (Å²) < 4.78 is 0. The van der Waals surface area contributed by atoms with Crippen LogP contribution in [0.3, 0.4) is 0 Å². The number of benzene rings is 4. The number of hydrogen-bond donors (Lipinski definition) is 0. The zero-order valence-corrected chi connectivity index (χ0v) is 28.7. The minimum atomic E-state index is 0.0414. The van der Waals surface area contributed by atoms with Gasteiger partial charge in [0, 0.05) is 47.7 Å². The summed E-state index contributed by atoms with van der Waals surface area (Å²) in [5.41, 5.74) is 14.4. The predicted molar refractivity (Wildman–Crippen MR) is 188 cm³/mol. The summed E-state index contributed by atoms with van der Waals surface area (Å²) >= 11 is 0. The van der Waals surface area contributed by atoms with Crippen molar-refractivity contribution in [2.45, 2.75) is 91.9 Å². The van der Waals surface area contributed by atoms with Crippen molar-refractivity contribution in [1.29, 1.82) is 0 Å². The Bertz CT molecular complexity index is 1640. The Kier molecular flexibility index (Phi) is 7.61. The third-order valence-electron chi connectivity index (χ3n) is 9.60. The normalized spacial score (nSPS) is 16.3. The smallest absolute Gasteiger partial charge is 0.0449 e. The van der Waals surface area contributed by atoms with Crippen molar-refractivity contribution in [3.63, 3.8) is 0 Å². The molecular formula is C41H52N2. The van der Waals surface area contributed by atoms with E-state index in [0.717, 1.165) is 6.42 Å². The highest BCUT2D eigenvalue weighted by Crippen LogP contribution is 2.50. The van der Waals surface area contributed by atoms with Crippen LogP contribution < -0.4 is 9.80 Å². The van der Waals surface area contributed by atoms with Gasteiger partial charge in [0.2, 0.25) is 0 Å². The second-order valence-corrected chi connectivity index (χ2v) is 16.0. The predicted octanol–water partition coefficient (Wildman–Crippen LogP) is 11.1. The molecule has 43 heavy (non-hydrogen) atoms. The molecule has 6 rings (SSSR count).